The second kappa shape index (κ2) is 6.34. The van der Waals surface area contributed by atoms with Gasteiger partial charge in [0.05, 0.1) is 25.1 Å². The third kappa shape index (κ3) is 3.55. The van der Waals surface area contributed by atoms with Crippen LogP contribution < -0.4 is 5.32 Å². The third-order valence-electron chi connectivity index (χ3n) is 3.26. The molecule has 0 unspecified atom stereocenters. The number of nitrogens with one attached hydrogen (secondary N) is 1. The summed E-state index contributed by atoms with van der Waals surface area (Å²) < 4.78 is 5.10. The molecule has 1 amide bonds. The normalized spacial score (nSPS) is 19.3. The van der Waals surface area contributed by atoms with Gasteiger partial charge in [-0.05, 0) is 26.3 Å². The van der Waals surface area contributed by atoms with Crippen molar-refractivity contribution in [3.63, 3.8) is 0 Å². The van der Waals surface area contributed by atoms with E-state index in [4.69, 9.17) is 9.78 Å². The highest BCUT2D eigenvalue weighted by Crippen LogP contribution is 2.30. The van der Waals surface area contributed by atoms with Crippen molar-refractivity contribution >= 4 is 5.91 Å². The van der Waals surface area contributed by atoms with E-state index >= 15 is 0 Å². The van der Waals surface area contributed by atoms with Gasteiger partial charge in [0, 0.05) is 12.6 Å². The average molecular weight is 262 g/mol. The molecule has 1 aromatic rings. The minimum absolute atomic E-state index is 0.0395. The second-order valence-electron chi connectivity index (χ2n) is 4.75. The van der Waals surface area contributed by atoms with Gasteiger partial charge >= 0.3 is 0 Å². The summed E-state index contributed by atoms with van der Waals surface area (Å²) in [7, 11) is 0. The highest BCUT2D eigenvalue weighted by molar-refractivity contribution is 5.78. The lowest BCUT2D eigenvalue weighted by atomic mass is 10.1. The minimum Gasteiger partial charge on any atom is -0.361 e. The van der Waals surface area contributed by atoms with Crippen molar-refractivity contribution in [1.29, 1.82) is 5.26 Å². The van der Waals surface area contributed by atoms with Crippen molar-refractivity contribution in [3.05, 3.63) is 17.5 Å². The van der Waals surface area contributed by atoms with Crippen LogP contribution in [0.1, 0.15) is 36.8 Å². The van der Waals surface area contributed by atoms with E-state index in [-0.39, 0.29) is 11.9 Å². The van der Waals surface area contributed by atoms with E-state index in [2.05, 4.69) is 15.4 Å². The van der Waals surface area contributed by atoms with E-state index in [1.54, 1.807) is 0 Å². The van der Waals surface area contributed by atoms with E-state index in [0.717, 1.165) is 30.8 Å². The summed E-state index contributed by atoms with van der Waals surface area (Å²) in [5, 5.41) is 15.2. The summed E-state index contributed by atoms with van der Waals surface area (Å²) >= 11 is 0. The molecule has 19 heavy (non-hydrogen) atoms. The van der Waals surface area contributed by atoms with Crippen LogP contribution in [0.25, 0.3) is 0 Å². The van der Waals surface area contributed by atoms with Gasteiger partial charge in [-0.1, -0.05) is 5.16 Å². The van der Waals surface area contributed by atoms with Gasteiger partial charge in [-0.2, -0.15) is 5.26 Å². The van der Waals surface area contributed by atoms with Gasteiger partial charge in [0.2, 0.25) is 5.91 Å². The Morgan fingerprint density at radius 2 is 2.58 bits per heavy atom. The molecule has 1 aliphatic heterocycles. The van der Waals surface area contributed by atoms with Gasteiger partial charge in [0.15, 0.2) is 0 Å². The van der Waals surface area contributed by atoms with Crippen LogP contribution in [0.15, 0.2) is 10.6 Å². The zero-order chi connectivity index (χ0) is 13.7. The fraction of sp³-hybridized carbons (Fsp3) is 0.615. The molecule has 6 nitrogen and oxygen atoms in total. The number of nitriles is 1. The SMILES string of the molecule is Cc1cc([C@@H]2CCCN2CC(=O)NCCC#N)no1. The number of hydrogen-bond acceptors (Lipinski definition) is 5. The van der Waals surface area contributed by atoms with Gasteiger partial charge in [0.25, 0.3) is 0 Å². The smallest absolute Gasteiger partial charge is 0.234 e. The number of amides is 1. The molecule has 0 aliphatic carbocycles. The first-order valence-corrected chi connectivity index (χ1v) is 6.51. The standard InChI is InChI=1S/C13H18N4O2/c1-10-8-11(16-19-10)12-4-2-7-17(12)9-13(18)15-6-3-5-14/h8,12H,2-4,6-7,9H2,1H3,(H,15,18)/t12-/m0/s1. The summed E-state index contributed by atoms with van der Waals surface area (Å²) in [5.41, 5.74) is 0.903. The summed E-state index contributed by atoms with van der Waals surface area (Å²) in [6, 6.07) is 4.10. The number of rotatable bonds is 5. The van der Waals surface area contributed by atoms with E-state index in [0.29, 0.717) is 19.5 Å². The molecule has 1 aromatic heterocycles. The first kappa shape index (κ1) is 13.6. The number of hydrogen-bond donors (Lipinski definition) is 1. The lowest BCUT2D eigenvalue weighted by Gasteiger charge is -2.21. The number of carbonyl (C=O) groups excluding carboxylic acids is 1. The predicted octanol–water partition coefficient (Wildman–Crippen LogP) is 1.15. The molecule has 0 spiro atoms. The van der Waals surface area contributed by atoms with Crippen LogP contribution in [-0.4, -0.2) is 35.6 Å². The van der Waals surface area contributed by atoms with E-state index in [1.807, 2.05) is 19.1 Å². The quantitative estimate of drug-likeness (QED) is 0.805. The molecule has 1 N–H and O–H groups in total. The van der Waals surface area contributed by atoms with Crippen LogP contribution >= 0.6 is 0 Å². The molecule has 2 rings (SSSR count). The van der Waals surface area contributed by atoms with Crippen LogP contribution in [0.3, 0.4) is 0 Å². The Morgan fingerprint density at radius 1 is 1.74 bits per heavy atom. The first-order valence-electron chi connectivity index (χ1n) is 6.51. The Kier molecular flexibility index (Phi) is 4.53. The molecular weight excluding hydrogens is 244 g/mol. The zero-order valence-electron chi connectivity index (χ0n) is 11.1. The van der Waals surface area contributed by atoms with Crippen molar-refractivity contribution < 1.29 is 9.32 Å². The van der Waals surface area contributed by atoms with Crippen LogP contribution in [-0.2, 0) is 4.79 Å². The number of carbonyl (C=O) groups is 1. The molecule has 0 saturated carbocycles. The summed E-state index contributed by atoms with van der Waals surface area (Å²) in [5.74, 6) is 0.752. The largest absolute Gasteiger partial charge is 0.361 e. The fourth-order valence-corrected chi connectivity index (χ4v) is 2.39. The molecule has 1 atom stereocenters. The molecule has 102 valence electrons. The highest BCUT2D eigenvalue weighted by Gasteiger charge is 2.29. The van der Waals surface area contributed by atoms with Gasteiger partial charge < -0.3 is 9.84 Å². The molecule has 6 heteroatoms. The lowest BCUT2D eigenvalue weighted by molar-refractivity contribution is -0.122. The van der Waals surface area contributed by atoms with E-state index in [1.165, 1.54) is 0 Å². The molecule has 0 aromatic carbocycles. The van der Waals surface area contributed by atoms with Gasteiger partial charge in [-0.3, -0.25) is 9.69 Å². The van der Waals surface area contributed by atoms with Crippen LogP contribution in [0.4, 0.5) is 0 Å². The van der Waals surface area contributed by atoms with Gasteiger partial charge in [-0.25, -0.2) is 0 Å². The molecule has 0 radical (unpaired) electrons. The Labute approximate surface area is 112 Å². The van der Waals surface area contributed by atoms with Gasteiger partial charge in [0.1, 0.15) is 11.5 Å². The molecular formula is C13H18N4O2. The summed E-state index contributed by atoms with van der Waals surface area (Å²) in [6.07, 6.45) is 2.40. The Balaban J connectivity index is 1.89. The predicted molar refractivity (Wildman–Crippen MR) is 68.0 cm³/mol. The number of likely N-dealkylation sites (tertiary alicyclic amines) is 1. The minimum atomic E-state index is -0.0395. The van der Waals surface area contributed by atoms with E-state index < -0.39 is 0 Å². The monoisotopic (exact) mass is 262 g/mol. The maximum atomic E-state index is 11.7. The Hall–Kier alpha value is -1.87. The second-order valence-corrected chi connectivity index (χ2v) is 4.75. The van der Waals surface area contributed by atoms with E-state index in [9.17, 15) is 4.79 Å². The Morgan fingerprint density at radius 3 is 3.26 bits per heavy atom. The molecule has 1 fully saturated rings. The number of nitrogens with zero attached hydrogens (tertiary/aromatic N) is 3. The number of aryl methyl sites for hydroxylation is 1. The fourth-order valence-electron chi connectivity index (χ4n) is 2.39. The maximum absolute atomic E-state index is 11.7. The molecule has 1 saturated heterocycles. The highest BCUT2D eigenvalue weighted by atomic mass is 16.5. The molecule has 0 bridgehead atoms. The first-order chi connectivity index (χ1) is 9.20. The van der Waals surface area contributed by atoms with Crippen LogP contribution in [0.5, 0.6) is 0 Å². The zero-order valence-corrected chi connectivity index (χ0v) is 11.1. The van der Waals surface area contributed by atoms with Crippen molar-refractivity contribution in [1.82, 2.24) is 15.4 Å². The maximum Gasteiger partial charge on any atom is 0.234 e. The van der Waals surface area contributed by atoms with Crippen molar-refractivity contribution in [3.8, 4) is 6.07 Å². The third-order valence-corrected chi connectivity index (χ3v) is 3.26. The van der Waals surface area contributed by atoms with Crippen LogP contribution in [0.2, 0.25) is 0 Å². The Bertz CT molecular complexity index is 477. The topological polar surface area (TPSA) is 82.2 Å². The van der Waals surface area contributed by atoms with Crippen LogP contribution in [0, 0.1) is 18.3 Å². The molecule has 2 heterocycles. The average Bonchev–Trinajstić information content (AvgIpc) is 2.98. The molecule has 1 aliphatic rings. The van der Waals surface area contributed by atoms with Gasteiger partial charge in [-0.15, -0.1) is 0 Å². The van der Waals surface area contributed by atoms with Crippen molar-refractivity contribution in [2.75, 3.05) is 19.6 Å². The summed E-state index contributed by atoms with van der Waals surface area (Å²) in [4.78, 5) is 13.9. The lowest BCUT2D eigenvalue weighted by Crippen LogP contribution is -2.37. The number of aromatic nitrogens is 1. The van der Waals surface area contributed by atoms with Crippen molar-refractivity contribution in [2.24, 2.45) is 0 Å². The summed E-state index contributed by atoms with van der Waals surface area (Å²) in [6.45, 7) is 3.52. The van der Waals surface area contributed by atoms with Crippen molar-refractivity contribution in [2.45, 2.75) is 32.2 Å².